The molecule has 0 heterocycles. The normalized spacial score (nSPS) is 34.1. The van der Waals surface area contributed by atoms with E-state index in [1.54, 1.807) is 0 Å². The van der Waals surface area contributed by atoms with Crippen LogP contribution in [0.4, 0.5) is 0 Å². The van der Waals surface area contributed by atoms with Gasteiger partial charge in [0, 0.05) is 0 Å². The van der Waals surface area contributed by atoms with Gasteiger partial charge in [-0.3, -0.25) is 18.2 Å². The highest BCUT2D eigenvalue weighted by molar-refractivity contribution is 7.87. The molecular formula is C33H61O12PS4. The molecule has 4 aliphatic rings. The predicted octanol–water partition coefficient (Wildman–Crippen LogP) is 6.59. The first-order valence-corrected chi connectivity index (χ1v) is 25.5. The smallest absolute Gasteiger partial charge is 0.267 e. The van der Waals surface area contributed by atoms with E-state index in [2.05, 4.69) is 9.24 Å². The van der Waals surface area contributed by atoms with Crippen molar-refractivity contribution in [3.63, 3.8) is 0 Å². The number of unbranched alkanes of at least 4 members (excludes halogenated alkanes) is 1. The molecule has 0 saturated heterocycles. The first-order valence-electron chi connectivity index (χ1n) is 18.8. The lowest BCUT2D eigenvalue weighted by atomic mass is 9.67. The van der Waals surface area contributed by atoms with Gasteiger partial charge >= 0.3 is 0 Å². The SMILES string of the molecule is O=S(=O)(O)C1CCCC(C(CCCCC(P)CCC(C2CCCC(S(=O)(=O)O)C2)C2CCCC(S(=O)(=O)O)C2)C2CCCC(S(=O)(=O)O)C2)C1. The van der Waals surface area contributed by atoms with Gasteiger partial charge in [0.15, 0.2) is 0 Å². The van der Waals surface area contributed by atoms with Crippen molar-refractivity contribution in [3.8, 4) is 0 Å². The average molecular weight is 809 g/mol. The summed E-state index contributed by atoms with van der Waals surface area (Å²) in [4.78, 5) is 0. The summed E-state index contributed by atoms with van der Waals surface area (Å²) in [6, 6.07) is 0. The molecule has 50 heavy (non-hydrogen) atoms. The Labute approximate surface area is 303 Å². The summed E-state index contributed by atoms with van der Waals surface area (Å²) in [5.74, 6) is 0.377. The Balaban J connectivity index is 1.38. The molecule has 0 aromatic carbocycles. The van der Waals surface area contributed by atoms with Crippen LogP contribution >= 0.6 is 9.24 Å². The van der Waals surface area contributed by atoms with Gasteiger partial charge in [-0.2, -0.15) is 33.7 Å². The van der Waals surface area contributed by atoms with E-state index in [4.69, 9.17) is 0 Å². The molecule has 0 bridgehead atoms. The van der Waals surface area contributed by atoms with Gasteiger partial charge in [-0.25, -0.2) is 0 Å². The maximum atomic E-state index is 12.1. The van der Waals surface area contributed by atoms with Crippen molar-refractivity contribution in [2.75, 3.05) is 0 Å². The fraction of sp³-hybridized carbons (Fsp3) is 1.00. The van der Waals surface area contributed by atoms with Crippen molar-refractivity contribution in [3.05, 3.63) is 0 Å². The highest BCUT2D eigenvalue weighted by atomic mass is 32.2. The fourth-order valence-corrected chi connectivity index (χ4v) is 14.7. The average Bonchev–Trinajstić information content (AvgIpc) is 3.04. The third-order valence-electron chi connectivity index (χ3n) is 13.0. The number of hydrogen-bond acceptors (Lipinski definition) is 8. The molecule has 17 heteroatoms. The van der Waals surface area contributed by atoms with Crippen LogP contribution < -0.4 is 0 Å². The molecular weight excluding hydrogens is 748 g/mol. The summed E-state index contributed by atoms with van der Waals surface area (Å²) in [7, 11) is -13.7. The van der Waals surface area contributed by atoms with Gasteiger partial charge in [0.2, 0.25) is 0 Å². The van der Waals surface area contributed by atoms with Gasteiger partial charge in [0.25, 0.3) is 40.5 Å². The zero-order chi connectivity index (χ0) is 36.9. The topological polar surface area (TPSA) is 217 Å². The van der Waals surface area contributed by atoms with Gasteiger partial charge in [-0.05, 0) is 118 Å². The van der Waals surface area contributed by atoms with Crippen molar-refractivity contribution in [2.24, 2.45) is 35.5 Å². The number of rotatable bonds is 16. The Morgan fingerprint density at radius 2 is 0.700 bits per heavy atom. The van der Waals surface area contributed by atoms with Crippen molar-refractivity contribution < 1.29 is 51.9 Å². The fourth-order valence-electron chi connectivity index (χ4n) is 10.4. The van der Waals surface area contributed by atoms with Gasteiger partial charge in [0.05, 0.1) is 21.0 Å². The quantitative estimate of drug-likeness (QED) is 0.0738. The van der Waals surface area contributed by atoms with Gasteiger partial charge in [-0.15, -0.1) is 9.24 Å². The maximum absolute atomic E-state index is 12.1. The standard InChI is InChI=1S/C33H61O12PS4/c34-47(35,36)28-12-3-7-23(19-28)32(24-8-4-13-29(20-24)48(37,38)39)16-2-1-11-27(46)17-18-33(25-9-5-14-30(21-25)49(40,41)42)26-10-6-15-31(22-26)50(43,44)45/h23-33H,1-22,46H2,(H,34,35,36)(H,37,38,39)(H,40,41,42)(H,43,44,45). The molecule has 0 aromatic rings. The van der Waals surface area contributed by atoms with E-state index in [1.807, 2.05) is 0 Å². The maximum Gasteiger partial charge on any atom is 0.267 e. The van der Waals surface area contributed by atoms with Crippen molar-refractivity contribution in [1.82, 2.24) is 0 Å². The largest absolute Gasteiger partial charge is 0.285 e. The lowest BCUT2D eigenvalue weighted by molar-refractivity contribution is 0.129. The molecule has 4 rings (SSSR count). The highest BCUT2D eigenvalue weighted by Gasteiger charge is 2.42. The molecule has 10 atom stereocenters. The first kappa shape index (κ1) is 42.8. The Hall–Kier alpha value is 0.0700. The summed E-state index contributed by atoms with van der Waals surface area (Å²) in [6.45, 7) is 0. The van der Waals surface area contributed by atoms with E-state index < -0.39 is 61.5 Å². The van der Waals surface area contributed by atoms with Gasteiger partial charge < -0.3 is 0 Å². The van der Waals surface area contributed by atoms with E-state index in [0.29, 0.717) is 77.0 Å². The van der Waals surface area contributed by atoms with Crippen LogP contribution in [0.1, 0.15) is 141 Å². The molecule has 0 amide bonds. The molecule has 12 nitrogen and oxygen atoms in total. The second kappa shape index (κ2) is 18.1. The Kier molecular flexibility index (Phi) is 15.5. The van der Waals surface area contributed by atoms with E-state index >= 15 is 0 Å². The van der Waals surface area contributed by atoms with Gasteiger partial charge in [0.1, 0.15) is 0 Å². The summed E-state index contributed by atoms with van der Waals surface area (Å²) in [5, 5.41) is -3.22. The lowest BCUT2D eigenvalue weighted by Crippen LogP contribution is -2.37. The molecule has 10 unspecified atom stereocenters. The summed E-state index contributed by atoms with van der Waals surface area (Å²) in [6.07, 6.45) is 14.3. The summed E-state index contributed by atoms with van der Waals surface area (Å²) in [5.41, 5.74) is 0.259. The molecule has 294 valence electrons. The van der Waals surface area contributed by atoms with Crippen molar-refractivity contribution >= 4 is 49.7 Å². The lowest BCUT2D eigenvalue weighted by Gasteiger charge is -2.41. The summed E-state index contributed by atoms with van der Waals surface area (Å²) >= 11 is 0. The Bertz CT molecular complexity index is 1430. The highest BCUT2D eigenvalue weighted by Crippen LogP contribution is 2.46. The molecule has 0 aromatic heterocycles. The molecule has 0 radical (unpaired) electrons. The predicted molar refractivity (Wildman–Crippen MR) is 197 cm³/mol. The van der Waals surface area contributed by atoms with Crippen LogP contribution in [-0.2, 0) is 40.5 Å². The first-order chi connectivity index (χ1) is 23.2. The van der Waals surface area contributed by atoms with Crippen LogP contribution in [0.3, 0.4) is 0 Å². The van der Waals surface area contributed by atoms with E-state index in [9.17, 15) is 51.9 Å². The third-order valence-corrected chi connectivity index (χ3v) is 18.8. The summed E-state index contributed by atoms with van der Waals surface area (Å²) < 4.78 is 136. The molecule has 4 aliphatic carbocycles. The third kappa shape index (κ3) is 12.6. The van der Waals surface area contributed by atoms with Crippen LogP contribution in [0.15, 0.2) is 0 Å². The zero-order valence-electron chi connectivity index (χ0n) is 29.2. The molecule has 0 aliphatic heterocycles. The molecule has 4 fully saturated rings. The zero-order valence-corrected chi connectivity index (χ0v) is 33.6. The number of hydrogen-bond donors (Lipinski definition) is 4. The van der Waals surface area contributed by atoms with Crippen molar-refractivity contribution in [1.29, 1.82) is 0 Å². The minimum Gasteiger partial charge on any atom is -0.285 e. The Morgan fingerprint density at radius 3 is 1.00 bits per heavy atom. The van der Waals surface area contributed by atoms with Crippen LogP contribution in [-0.4, -0.2) is 78.5 Å². The minimum atomic E-state index is -4.17. The molecule has 4 N–H and O–H groups in total. The van der Waals surface area contributed by atoms with E-state index in [1.165, 1.54) is 0 Å². The Morgan fingerprint density at radius 1 is 0.420 bits per heavy atom. The van der Waals surface area contributed by atoms with Gasteiger partial charge in [-0.1, -0.05) is 64.2 Å². The van der Waals surface area contributed by atoms with Crippen LogP contribution in [0.2, 0.25) is 0 Å². The van der Waals surface area contributed by atoms with Crippen LogP contribution in [0, 0.1) is 35.5 Å². The van der Waals surface area contributed by atoms with E-state index in [0.717, 1.165) is 64.2 Å². The van der Waals surface area contributed by atoms with E-state index in [-0.39, 0.29) is 41.2 Å². The minimum absolute atomic E-state index is 0.0443. The second-order valence-electron chi connectivity index (χ2n) is 16.2. The second-order valence-corrected chi connectivity index (χ2v) is 23.9. The van der Waals surface area contributed by atoms with Crippen LogP contribution in [0.5, 0.6) is 0 Å². The van der Waals surface area contributed by atoms with Crippen LogP contribution in [0.25, 0.3) is 0 Å². The molecule has 4 saturated carbocycles. The van der Waals surface area contributed by atoms with Crippen molar-refractivity contribution in [2.45, 2.75) is 168 Å². The molecule has 0 spiro atoms. The monoisotopic (exact) mass is 808 g/mol.